The third kappa shape index (κ3) is 3.31. The van der Waals surface area contributed by atoms with E-state index in [2.05, 4.69) is 92.4 Å². The van der Waals surface area contributed by atoms with Crippen LogP contribution in [0, 0.1) is 3.57 Å². The molecule has 0 atom stereocenters. The Balaban J connectivity index is 1.55. The first-order valence-electron chi connectivity index (χ1n) is 6.48. The standard InChI is InChI=1S/C16H15BrIN/c17-13-3-1-11(2-4-13)12-9-16(10-12)19-15-7-5-14(18)6-8-15/h1-8,12,16,19H,9-10H2. The average molecular weight is 428 g/mol. The summed E-state index contributed by atoms with van der Waals surface area (Å²) in [6.45, 7) is 0. The van der Waals surface area contributed by atoms with Crippen molar-refractivity contribution < 1.29 is 0 Å². The van der Waals surface area contributed by atoms with Gasteiger partial charge in [0, 0.05) is 19.8 Å². The van der Waals surface area contributed by atoms with Crippen LogP contribution in [0.4, 0.5) is 5.69 Å². The normalized spacial score (nSPS) is 21.8. The lowest BCUT2D eigenvalue weighted by molar-refractivity contribution is 0.374. The van der Waals surface area contributed by atoms with Gasteiger partial charge in [-0.2, -0.15) is 0 Å². The quantitative estimate of drug-likeness (QED) is 0.645. The molecule has 0 aliphatic heterocycles. The number of rotatable bonds is 3. The fourth-order valence-electron chi connectivity index (χ4n) is 2.52. The molecular weight excluding hydrogens is 413 g/mol. The maximum atomic E-state index is 3.60. The van der Waals surface area contributed by atoms with E-state index in [9.17, 15) is 0 Å². The molecule has 3 heteroatoms. The van der Waals surface area contributed by atoms with Crippen LogP contribution in [-0.2, 0) is 0 Å². The van der Waals surface area contributed by atoms with Crippen LogP contribution in [-0.4, -0.2) is 6.04 Å². The summed E-state index contributed by atoms with van der Waals surface area (Å²) in [6.07, 6.45) is 2.46. The lowest BCUT2D eigenvalue weighted by Crippen LogP contribution is -2.33. The predicted octanol–water partition coefficient (Wildman–Crippen LogP) is 5.41. The highest BCUT2D eigenvalue weighted by molar-refractivity contribution is 14.1. The van der Waals surface area contributed by atoms with E-state index in [-0.39, 0.29) is 0 Å². The Morgan fingerprint density at radius 3 is 2.21 bits per heavy atom. The molecule has 98 valence electrons. The van der Waals surface area contributed by atoms with Gasteiger partial charge < -0.3 is 5.32 Å². The van der Waals surface area contributed by atoms with Crippen molar-refractivity contribution in [3.05, 3.63) is 62.1 Å². The van der Waals surface area contributed by atoms with E-state index < -0.39 is 0 Å². The summed E-state index contributed by atoms with van der Waals surface area (Å²) in [7, 11) is 0. The molecular formula is C16H15BrIN. The summed E-state index contributed by atoms with van der Waals surface area (Å²) < 4.78 is 2.44. The molecule has 2 aromatic rings. The van der Waals surface area contributed by atoms with Gasteiger partial charge in [0.1, 0.15) is 0 Å². The minimum absolute atomic E-state index is 0.619. The first-order chi connectivity index (χ1) is 9.20. The molecule has 1 fully saturated rings. The Hall–Kier alpha value is -0.550. The van der Waals surface area contributed by atoms with E-state index in [4.69, 9.17) is 0 Å². The lowest BCUT2D eigenvalue weighted by atomic mass is 9.76. The van der Waals surface area contributed by atoms with Crippen molar-refractivity contribution in [2.75, 3.05) is 5.32 Å². The molecule has 0 heterocycles. The van der Waals surface area contributed by atoms with Gasteiger partial charge in [-0.1, -0.05) is 28.1 Å². The molecule has 0 aromatic heterocycles. The third-order valence-electron chi connectivity index (χ3n) is 3.69. The van der Waals surface area contributed by atoms with Crippen LogP contribution in [0.5, 0.6) is 0 Å². The van der Waals surface area contributed by atoms with Gasteiger partial charge in [-0.05, 0) is 83.3 Å². The highest BCUT2D eigenvalue weighted by atomic mass is 127. The second kappa shape index (κ2) is 5.83. The number of halogens is 2. The van der Waals surface area contributed by atoms with E-state index >= 15 is 0 Å². The maximum Gasteiger partial charge on any atom is 0.0343 e. The van der Waals surface area contributed by atoms with Crippen LogP contribution in [0.2, 0.25) is 0 Å². The molecule has 0 radical (unpaired) electrons. The Bertz CT molecular complexity index is 544. The topological polar surface area (TPSA) is 12.0 Å². The minimum Gasteiger partial charge on any atom is -0.382 e. The number of nitrogens with one attached hydrogen (secondary N) is 1. The number of hydrogen-bond donors (Lipinski definition) is 1. The van der Waals surface area contributed by atoms with Crippen molar-refractivity contribution in [2.45, 2.75) is 24.8 Å². The van der Waals surface area contributed by atoms with E-state index in [1.165, 1.54) is 27.7 Å². The van der Waals surface area contributed by atoms with Crippen LogP contribution >= 0.6 is 38.5 Å². The smallest absolute Gasteiger partial charge is 0.0343 e. The summed E-state index contributed by atoms with van der Waals surface area (Å²) in [4.78, 5) is 0. The highest BCUT2D eigenvalue weighted by Gasteiger charge is 2.29. The molecule has 0 saturated heterocycles. The lowest BCUT2D eigenvalue weighted by Gasteiger charge is -2.37. The molecule has 0 amide bonds. The van der Waals surface area contributed by atoms with Crippen molar-refractivity contribution in [3.8, 4) is 0 Å². The molecule has 0 spiro atoms. The molecule has 1 nitrogen and oxygen atoms in total. The van der Waals surface area contributed by atoms with Crippen LogP contribution in [0.1, 0.15) is 24.3 Å². The van der Waals surface area contributed by atoms with E-state index in [0.29, 0.717) is 6.04 Å². The summed E-state index contributed by atoms with van der Waals surface area (Å²) in [5, 5.41) is 3.60. The molecule has 1 aliphatic carbocycles. The zero-order valence-electron chi connectivity index (χ0n) is 10.4. The molecule has 1 aliphatic rings. The van der Waals surface area contributed by atoms with E-state index in [0.717, 1.165) is 10.4 Å². The average Bonchev–Trinajstić information content (AvgIpc) is 2.37. The monoisotopic (exact) mass is 427 g/mol. The fourth-order valence-corrected chi connectivity index (χ4v) is 3.15. The van der Waals surface area contributed by atoms with E-state index in [1.54, 1.807) is 0 Å². The fraction of sp³-hybridized carbons (Fsp3) is 0.250. The van der Waals surface area contributed by atoms with Crippen molar-refractivity contribution in [1.82, 2.24) is 0 Å². The Kier molecular flexibility index (Phi) is 4.12. The first kappa shape index (κ1) is 13.4. The molecule has 1 saturated carbocycles. The number of anilines is 1. The summed E-state index contributed by atoms with van der Waals surface area (Å²) >= 11 is 5.82. The van der Waals surface area contributed by atoms with Gasteiger partial charge >= 0.3 is 0 Å². The molecule has 2 aromatic carbocycles. The molecule has 19 heavy (non-hydrogen) atoms. The largest absolute Gasteiger partial charge is 0.382 e. The number of benzene rings is 2. The highest BCUT2D eigenvalue weighted by Crippen LogP contribution is 2.38. The van der Waals surface area contributed by atoms with Gasteiger partial charge in [0.2, 0.25) is 0 Å². The van der Waals surface area contributed by atoms with Gasteiger partial charge in [0.25, 0.3) is 0 Å². The minimum atomic E-state index is 0.619. The zero-order valence-corrected chi connectivity index (χ0v) is 14.2. The van der Waals surface area contributed by atoms with Crippen molar-refractivity contribution in [3.63, 3.8) is 0 Å². The van der Waals surface area contributed by atoms with Crippen molar-refractivity contribution >= 4 is 44.2 Å². The first-order valence-corrected chi connectivity index (χ1v) is 8.35. The molecule has 0 unspecified atom stereocenters. The van der Waals surface area contributed by atoms with Gasteiger partial charge in [0.05, 0.1) is 0 Å². The van der Waals surface area contributed by atoms with Crippen LogP contribution < -0.4 is 5.32 Å². The summed E-state index contributed by atoms with van der Waals surface area (Å²) in [5.41, 5.74) is 2.70. The maximum absolute atomic E-state index is 3.60. The Labute approximate surface area is 136 Å². The van der Waals surface area contributed by atoms with Gasteiger partial charge in [-0.15, -0.1) is 0 Å². The van der Waals surface area contributed by atoms with Crippen LogP contribution in [0.15, 0.2) is 53.0 Å². The van der Waals surface area contributed by atoms with E-state index in [1.807, 2.05) is 0 Å². The number of hydrogen-bond acceptors (Lipinski definition) is 1. The van der Waals surface area contributed by atoms with Gasteiger partial charge in [-0.25, -0.2) is 0 Å². The van der Waals surface area contributed by atoms with Gasteiger partial charge in [0.15, 0.2) is 0 Å². The Morgan fingerprint density at radius 2 is 1.58 bits per heavy atom. The summed E-state index contributed by atoms with van der Waals surface area (Å²) in [5.74, 6) is 0.717. The predicted molar refractivity (Wildman–Crippen MR) is 92.7 cm³/mol. The molecule has 0 bridgehead atoms. The van der Waals surface area contributed by atoms with Crippen LogP contribution in [0.25, 0.3) is 0 Å². The second-order valence-corrected chi connectivity index (χ2v) is 7.23. The third-order valence-corrected chi connectivity index (χ3v) is 4.94. The van der Waals surface area contributed by atoms with Crippen LogP contribution in [0.3, 0.4) is 0 Å². The van der Waals surface area contributed by atoms with Crippen molar-refractivity contribution in [1.29, 1.82) is 0 Å². The molecule has 3 rings (SSSR count). The Morgan fingerprint density at radius 1 is 0.947 bits per heavy atom. The zero-order chi connectivity index (χ0) is 13.2. The molecule has 1 N–H and O–H groups in total. The summed E-state index contributed by atoms with van der Waals surface area (Å²) in [6, 6.07) is 18.0. The van der Waals surface area contributed by atoms with Gasteiger partial charge in [-0.3, -0.25) is 0 Å². The SMILES string of the molecule is Brc1ccc(C2CC(Nc3ccc(I)cc3)C2)cc1. The second-order valence-electron chi connectivity index (χ2n) is 5.07. The van der Waals surface area contributed by atoms with Crippen molar-refractivity contribution in [2.24, 2.45) is 0 Å².